The Morgan fingerprint density at radius 1 is 1.32 bits per heavy atom. The molecule has 7 heteroatoms. The van der Waals surface area contributed by atoms with Gasteiger partial charge in [0, 0.05) is 36.9 Å². The maximum atomic E-state index is 5.26. The van der Waals surface area contributed by atoms with E-state index < -0.39 is 0 Å². The molecule has 2 aromatic rings. The van der Waals surface area contributed by atoms with Gasteiger partial charge in [-0.1, -0.05) is 32.9 Å². The van der Waals surface area contributed by atoms with Crippen molar-refractivity contribution in [3.8, 4) is 5.75 Å². The largest absolute Gasteiger partial charge is 0.497 e. The number of nitrogens with one attached hydrogen (secondary N) is 1. The van der Waals surface area contributed by atoms with E-state index in [9.17, 15) is 0 Å². The number of likely N-dealkylation sites (tertiary alicyclic amines) is 1. The van der Waals surface area contributed by atoms with Crippen molar-refractivity contribution in [3.63, 3.8) is 0 Å². The van der Waals surface area contributed by atoms with Crippen molar-refractivity contribution in [1.29, 1.82) is 0 Å². The molecule has 0 amide bonds. The van der Waals surface area contributed by atoms with E-state index in [2.05, 4.69) is 53.5 Å². The lowest BCUT2D eigenvalue weighted by atomic mass is 9.98. The van der Waals surface area contributed by atoms with Gasteiger partial charge in [0.15, 0.2) is 5.96 Å². The molecule has 154 valence electrons. The first-order chi connectivity index (χ1) is 12.9. The normalized spacial score (nSPS) is 17.4. The van der Waals surface area contributed by atoms with E-state index in [-0.39, 0.29) is 29.4 Å². The average molecular weight is 514 g/mol. The van der Waals surface area contributed by atoms with Crippen LogP contribution < -0.4 is 10.1 Å². The van der Waals surface area contributed by atoms with Crippen LogP contribution in [0.25, 0.3) is 0 Å². The summed E-state index contributed by atoms with van der Waals surface area (Å²) in [6, 6.07) is 8.43. The fraction of sp³-hybridized carbons (Fsp3) is 0.524. The predicted molar refractivity (Wildman–Crippen MR) is 128 cm³/mol. The van der Waals surface area contributed by atoms with E-state index in [1.54, 1.807) is 18.4 Å². The molecule has 5 nitrogen and oxygen atoms in total. The third-order valence-electron chi connectivity index (χ3n) is 4.91. The smallest absolute Gasteiger partial charge is 0.193 e. The first kappa shape index (κ1) is 22.9. The van der Waals surface area contributed by atoms with Crippen LogP contribution in [0.3, 0.4) is 0 Å². The van der Waals surface area contributed by atoms with Crippen molar-refractivity contribution < 1.29 is 4.74 Å². The fourth-order valence-corrected chi connectivity index (χ4v) is 4.24. The number of guanidine groups is 1. The van der Waals surface area contributed by atoms with Gasteiger partial charge in [-0.2, -0.15) is 0 Å². The van der Waals surface area contributed by atoms with Gasteiger partial charge >= 0.3 is 0 Å². The number of thiazole rings is 1. The standard InChI is InChI=1S/C21H30N4OS.HI/c1-21(2,3)19-24-17(14-27-19)12-23-20(22-4)25-11-10-16(13-25)15-6-8-18(26-5)9-7-15;/h6-9,14,16H,10-13H2,1-5H3,(H,22,23);1H. The Balaban J connectivity index is 0.00000280. The number of halogens is 1. The first-order valence-electron chi connectivity index (χ1n) is 9.45. The topological polar surface area (TPSA) is 49.8 Å². The molecule has 1 aromatic carbocycles. The second-order valence-corrected chi connectivity index (χ2v) is 8.86. The number of ether oxygens (including phenoxy) is 1. The lowest BCUT2D eigenvalue weighted by molar-refractivity contribution is 0.414. The Morgan fingerprint density at radius 3 is 2.61 bits per heavy atom. The maximum Gasteiger partial charge on any atom is 0.193 e. The van der Waals surface area contributed by atoms with Crippen LogP contribution in [0.1, 0.15) is 49.4 Å². The number of hydrogen-bond donors (Lipinski definition) is 1. The molecule has 1 unspecified atom stereocenters. The number of nitrogens with zero attached hydrogens (tertiary/aromatic N) is 3. The molecule has 1 fully saturated rings. The molecule has 1 aromatic heterocycles. The number of benzene rings is 1. The summed E-state index contributed by atoms with van der Waals surface area (Å²) < 4.78 is 5.26. The lowest BCUT2D eigenvalue weighted by Crippen LogP contribution is -2.39. The zero-order valence-corrected chi connectivity index (χ0v) is 20.5. The Labute approximate surface area is 189 Å². The summed E-state index contributed by atoms with van der Waals surface area (Å²) in [7, 11) is 3.55. The molecule has 0 bridgehead atoms. The molecular weight excluding hydrogens is 483 g/mol. The molecule has 0 saturated carbocycles. The fourth-order valence-electron chi connectivity index (χ4n) is 3.34. The highest BCUT2D eigenvalue weighted by molar-refractivity contribution is 14.0. The second-order valence-electron chi connectivity index (χ2n) is 8.00. The minimum absolute atomic E-state index is 0. The number of aliphatic imine (C=N–C) groups is 1. The third kappa shape index (κ3) is 5.59. The van der Waals surface area contributed by atoms with Crippen LogP contribution in [0.4, 0.5) is 0 Å². The summed E-state index contributed by atoms with van der Waals surface area (Å²) in [5, 5.41) is 6.80. The van der Waals surface area contributed by atoms with Gasteiger partial charge in [-0.05, 0) is 24.1 Å². The number of methoxy groups -OCH3 is 1. The van der Waals surface area contributed by atoms with Crippen molar-refractivity contribution in [2.75, 3.05) is 27.2 Å². The van der Waals surface area contributed by atoms with Crippen LogP contribution >= 0.6 is 35.3 Å². The molecule has 0 radical (unpaired) electrons. The zero-order chi connectivity index (χ0) is 19.4. The van der Waals surface area contributed by atoms with Gasteiger partial charge in [0.05, 0.1) is 24.4 Å². The van der Waals surface area contributed by atoms with Crippen molar-refractivity contribution in [2.45, 2.75) is 45.1 Å². The molecular formula is C21H31IN4OS. The Kier molecular flexibility index (Phi) is 8.12. The second kappa shape index (κ2) is 9.91. The average Bonchev–Trinajstić information content (AvgIpc) is 3.32. The van der Waals surface area contributed by atoms with Gasteiger partial charge < -0.3 is 15.0 Å². The molecule has 0 aliphatic carbocycles. The molecule has 1 atom stereocenters. The summed E-state index contributed by atoms with van der Waals surface area (Å²) in [5.41, 5.74) is 2.55. The van der Waals surface area contributed by atoms with Gasteiger partial charge in [0.25, 0.3) is 0 Å². The van der Waals surface area contributed by atoms with Gasteiger partial charge in [-0.15, -0.1) is 35.3 Å². The van der Waals surface area contributed by atoms with Crippen LogP contribution in [-0.4, -0.2) is 43.1 Å². The predicted octanol–water partition coefficient (Wildman–Crippen LogP) is 4.63. The molecule has 1 aliphatic heterocycles. The highest BCUT2D eigenvalue weighted by atomic mass is 127. The number of aromatic nitrogens is 1. The molecule has 1 saturated heterocycles. The van der Waals surface area contributed by atoms with E-state index in [0.717, 1.165) is 36.9 Å². The minimum Gasteiger partial charge on any atom is -0.497 e. The van der Waals surface area contributed by atoms with E-state index in [0.29, 0.717) is 12.5 Å². The lowest BCUT2D eigenvalue weighted by Gasteiger charge is -2.21. The summed E-state index contributed by atoms with van der Waals surface area (Å²) >= 11 is 1.73. The molecule has 3 rings (SSSR count). The molecule has 1 aliphatic rings. The van der Waals surface area contributed by atoms with Gasteiger partial charge in [-0.25, -0.2) is 4.98 Å². The van der Waals surface area contributed by atoms with Crippen LogP contribution in [0.2, 0.25) is 0 Å². The quantitative estimate of drug-likeness (QED) is 0.367. The van der Waals surface area contributed by atoms with Gasteiger partial charge in [-0.3, -0.25) is 4.99 Å². The van der Waals surface area contributed by atoms with E-state index in [1.165, 1.54) is 10.6 Å². The van der Waals surface area contributed by atoms with Crippen molar-refractivity contribution in [1.82, 2.24) is 15.2 Å². The summed E-state index contributed by atoms with van der Waals surface area (Å²) in [5.74, 6) is 2.39. The van der Waals surface area contributed by atoms with Crippen molar-refractivity contribution >= 4 is 41.3 Å². The Morgan fingerprint density at radius 2 is 2.04 bits per heavy atom. The highest BCUT2D eigenvalue weighted by Crippen LogP contribution is 2.29. The van der Waals surface area contributed by atoms with Crippen molar-refractivity contribution in [3.05, 3.63) is 45.9 Å². The molecule has 1 N–H and O–H groups in total. The summed E-state index contributed by atoms with van der Waals surface area (Å²) in [4.78, 5) is 11.6. The molecule has 0 spiro atoms. The van der Waals surface area contributed by atoms with Gasteiger partial charge in [0.2, 0.25) is 0 Å². The number of rotatable bonds is 4. The highest BCUT2D eigenvalue weighted by Gasteiger charge is 2.26. The number of hydrogen-bond acceptors (Lipinski definition) is 4. The zero-order valence-electron chi connectivity index (χ0n) is 17.4. The van der Waals surface area contributed by atoms with Crippen LogP contribution in [-0.2, 0) is 12.0 Å². The Hall–Kier alpha value is -1.35. The monoisotopic (exact) mass is 514 g/mol. The molecule has 28 heavy (non-hydrogen) atoms. The van der Waals surface area contributed by atoms with Gasteiger partial charge in [0.1, 0.15) is 5.75 Å². The van der Waals surface area contributed by atoms with Crippen LogP contribution in [0, 0.1) is 0 Å². The van der Waals surface area contributed by atoms with Crippen LogP contribution in [0.5, 0.6) is 5.75 Å². The minimum atomic E-state index is 0. The van der Waals surface area contributed by atoms with E-state index in [1.807, 2.05) is 19.2 Å². The third-order valence-corrected chi connectivity index (χ3v) is 6.22. The van der Waals surface area contributed by atoms with E-state index in [4.69, 9.17) is 9.72 Å². The SMILES string of the molecule is CN=C(NCc1csc(C(C)(C)C)n1)N1CCC(c2ccc(OC)cc2)C1.I. The summed E-state index contributed by atoms with van der Waals surface area (Å²) in [6.45, 7) is 9.31. The first-order valence-corrected chi connectivity index (χ1v) is 10.3. The maximum absolute atomic E-state index is 5.26. The van der Waals surface area contributed by atoms with Crippen molar-refractivity contribution in [2.24, 2.45) is 4.99 Å². The van der Waals surface area contributed by atoms with E-state index >= 15 is 0 Å². The summed E-state index contributed by atoms with van der Waals surface area (Å²) in [6.07, 6.45) is 1.14. The van der Waals surface area contributed by atoms with Crippen LogP contribution in [0.15, 0.2) is 34.6 Å². The Bertz CT molecular complexity index is 782. The molecule has 2 heterocycles.